The first-order chi connectivity index (χ1) is 27.9. The molecule has 2 aliphatic heterocycles. The fourth-order valence-electron chi connectivity index (χ4n) is 5.15. The van der Waals surface area contributed by atoms with E-state index in [9.17, 15) is 44.3 Å². The van der Waals surface area contributed by atoms with Crippen molar-refractivity contribution in [3.05, 3.63) is 94.9 Å². The lowest BCUT2D eigenvalue weighted by molar-refractivity contribution is -0.193. The highest BCUT2D eigenvalue weighted by Crippen LogP contribution is 2.30. The maximum absolute atomic E-state index is 12.8. The molecule has 0 aliphatic carbocycles. The van der Waals surface area contributed by atoms with E-state index in [0.717, 1.165) is 67.0 Å². The fourth-order valence-corrected chi connectivity index (χ4v) is 5.29. The summed E-state index contributed by atoms with van der Waals surface area (Å²) in [5.41, 5.74) is 6.24. The number of nitrogens with zero attached hydrogens (tertiary/aromatic N) is 4. The molecule has 0 saturated carbocycles. The Bertz CT molecular complexity index is 2040. The predicted octanol–water partition coefficient (Wildman–Crippen LogP) is 7.66. The largest absolute Gasteiger partial charge is 0.490 e. The lowest BCUT2D eigenvalue weighted by atomic mass is 10.00. The molecule has 6 rings (SSSR count). The van der Waals surface area contributed by atoms with Gasteiger partial charge in [0.1, 0.15) is 5.02 Å². The van der Waals surface area contributed by atoms with E-state index in [-0.39, 0.29) is 5.91 Å². The molecule has 2 aromatic carbocycles. The van der Waals surface area contributed by atoms with Crippen molar-refractivity contribution in [1.82, 2.24) is 19.9 Å². The van der Waals surface area contributed by atoms with Crippen LogP contribution >= 0.6 is 11.6 Å². The van der Waals surface area contributed by atoms with Gasteiger partial charge in [-0.25, -0.2) is 19.4 Å². The minimum atomic E-state index is -5.08. The summed E-state index contributed by atoms with van der Waals surface area (Å²) in [6, 6.07) is 18.7. The van der Waals surface area contributed by atoms with Crippen molar-refractivity contribution in [3.8, 4) is 0 Å². The number of carboxylic acids is 3. The number of aryl methyl sites for hydroxylation is 2. The molecule has 4 heterocycles. The number of carbonyl (C=O) groups excluding carboxylic acids is 1. The molecule has 4 aromatic rings. The number of hydrogen-bond acceptors (Lipinski definition) is 10. The molecule has 1 fully saturated rings. The molecular weight excluding hydrogens is 849 g/mol. The molecule has 2 aliphatic rings. The number of anilines is 5. The van der Waals surface area contributed by atoms with Crippen molar-refractivity contribution in [2.45, 2.75) is 56.7 Å². The highest BCUT2D eigenvalue weighted by Gasteiger charge is 2.39. The molecule has 24 heteroatoms. The van der Waals surface area contributed by atoms with E-state index in [1.165, 1.54) is 5.56 Å². The number of hydrogen-bond donors (Lipinski definition) is 6. The summed E-state index contributed by atoms with van der Waals surface area (Å²) in [6.07, 6.45) is -6.03. The van der Waals surface area contributed by atoms with E-state index in [0.29, 0.717) is 29.3 Å². The second-order valence-electron chi connectivity index (χ2n) is 12.5. The van der Waals surface area contributed by atoms with Crippen LogP contribution in [0.3, 0.4) is 0 Å². The van der Waals surface area contributed by atoms with Crippen molar-refractivity contribution in [2.75, 3.05) is 29.0 Å². The molecule has 1 amide bonds. The first kappa shape index (κ1) is 48.0. The van der Waals surface area contributed by atoms with Crippen LogP contribution in [0.4, 0.5) is 68.3 Å². The molecule has 324 valence electrons. The number of carboxylic acid groups (broad SMARTS) is 3. The maximum atomic E-state index is 12.8. The molecule has 1 saturated heterocycles. The molecule has 6 bridgehead atoms. The zero-order valence-electron chi connectivity index (χ0n) is 30.5. The summed E-state index contributed by atoms with van der Waals surface area (Å²) in [6.45, 7) is 1.52. The van der Waals surface area contributed by atoms with Crippen LogP contribution in [0.25, 0.3) is 0 Å². The van der Waals surface area contributed by atoms with Crippen LogP contribution in [0.2, 0.25) is 5.02 Å². The average Bonchev–Trinajstić information content (AvgIpc) is 3.17. The lowest BCUT2D eigenvalue weighted by Crippen LogP contribution is -2.43. The summed E-state index contributed by atoms with van der Waals surface area (Å²) >= 11 is 6.40. The quantitative estimate of drug-likeness (QED) is 0.109. The van der Waals surface area contributed by atoms with E-state index in [1.54, 1.807) is 12.4 Å². The fraction of sp³-hybridized carbons (Fsp3) is 0.306. The molecule has 0 spiro atoms. The molecular formula is C36H33ClF9N7O7. The summed E-state index contributed by atoms with van der Waals surface area (Å²) in [5.74, 6) is -7.08. The van der Waals surface area contributed by atoms with Crippen LogP contribution in [0.1, 0.15) is 29.5 Å². The summed E-state index contributed by atoms with van der Waals surface area (Å²) in [7, 11) is 0. The van der Waals surface area contributed by atoms with Crippen LogP contribution in [0, 0.1) is 0 Å². The van der Waals surface area contributed by atoms with Crippen LogP contribution in [-0.4, -0.2) is 96.6 Å². The second-order valence-corrected chi connectivity index (χ2v) is 12.9. The number of fused-ring (bicyclic) bond motifs is 6. The van der Waals surface area contributed by atoms with Gasteiger partial charge < -0.3 is 36.2 Å². The molecule has 0 radical (unpaired) electrons. The zero-order chi connectivity index (χ0) is 44.8. The number of aromatic nitrogens is 3. The number of pyridine rings is 1. The summed E-state index contributed by atoms with van der Waals surface area (Å²) in [5, 5.41) is 32.2. The van der Waals surface area contributed by atoms with Gasteiger partial charge in [0.15, 0.2) is 5.82 Å². The SMILES string of the molecule is O=C(Cc1ccccc1)N1CCC(Nc2ccc3cc2CCc2cncc(c2)Nc2ncc(Cl)c(n2)N3)CC1.O=C(O)C(F)(F)F.O=C(O)C(F)(F)F.O=C(O)C(F)(F)F. The van der Waals surface area contributed by atoms with Gasteiger partial charge in [-0.05, 0) is 66.6 Å². The van der Waals surface area contributed by atoms with Gasteiger partial charge in [-0.2, -0.15) is 44.5 Å². The molecule has 2 aromatic heterocycles. The van der Waals surface area contributed by atoms with E-state index in [1.807, 2.05) is 47.5 Å². The predicted molar refractivity (Wildman–Crippen MR) is 196 cm³/mol. The van der Waals surface area contributed by atoms with Crippen LogP contribution in [-0.2, 0) is 38.4 Å². The highest BCUT2D eigenvalue weighted by molar-refractivity contribution is 6.32. The van der Waals surface area contributed by atoms with Gasteiger partial charge in [0.25, 0.3) is 0 Å². The Morgan fingerprint density at radius 3 is 1.87 bits per heavy atom. The first-order valence-electron chi connectivity index (χ1n) is 17.0. The van der Waals surface area contributed by atoms with E-state index < -0.39 is 36.4 Å². The van der Waals surface area contributed by atoms with Crippen LogP contribution in [0.5, 0.6) is 0 Å². The van der Waals surface area contributed by atoms with Crippen molar-refractivity contribution in [1.29, 1.82) is 0 Å². The normalized spacial score (nSPS) is 13.8. The minimum Gasteiger partial charge on any atom is -0.475 e. The number of halogens is 10. The average molecular weight is 882 g/mol. The monoisotopic (exact) mass is 881 g/mol. The van der Waals surface area contributed by atoms with E-state index in [2.05, 4.69) is 49.1 Å². The number of aliphatic carboxylic acids is 3. The van der Waals surface area contributed by atoms with Crippen molar-refractivity contribution < 1.29 is 74.0 Å². The van der Waals surface area contributed by atoms with Gasteiger partial charge in [0.2, 0.25) is 11.9 Å². The standard InChI is InChI=1S/C30H30ClN7O.3C2HF3O2/c31-26-19-33-30-36-25-14-21(17-32-18-25)6-7-22-16-24(35-29(26)37-30)8-9-27(22)34-23-10-12-38(13-11-23)28(39)15-20-4-2-1-3-5-20;3*3-2(4,5)1(6)7/h1-5,8-9,14,16-19,23,34H,6-7,10-13,15H2,(H2,33,35,36,37);3*(H,6,7). The zero-order valence-corrected chi connectivity index (χ0v) is 31.3. The van der Waals surface area contributed by atoms with Crippen LogP contribution in [0.15, 0.2) is 73.2 Å². The Labute approximate surface area is 338 Å². The number of alkyl halides is 9. The molecule has 60 heavy (non-hydrogen) atoms. The van der Waals surface area contributed by atoms with E-state index in [4.69, 9.17) is 41.3 Å². The minimum absolute atomic E-state index is 0.199. The smallest absolute Gasteiger partial charge is 0.475 e. The number of carbonyl (C=O) groups is 4. The summed E-state index contributed by atoms with van der Waals surface area (Å²) < 4.78 is 95.2. The van der Waals surface area contributed by atoms with Crippen molar-refractivity contribution in [3.63, 3.8) is 0 Å². The Kier molecular flexibility index (Phi) is 16.8. The van der Waals surface area contributed by atoms with Gasteiger partial charge in [-0.15, -0.1) is 0 Å². The molecule has 0 atom stereocenters. The topological polar surface area (TPSA) is 207 Å². The van der Waals surface area contributed by atoms with Crippen LogP contribution < -0.4 is 16.0 Å². The lowest BCUT2D eigenvalue weighted by Gasteiger charge is -2.33. The van der Waals surface area contributed by atoms with Gasteiger partial charge in [0.05, 0.1) is 24.5 Å². The maximum Gasteiger partial charge on any atom is 0.490 e. The number of benzene rings is 2. The van der Waals surface area contributed by atoms with Crippen molar-refractivity contribution in [2.24, 2.45) is 0 Å². The Hall–Kier alpha value is -6.39. The number of likely N-dealkylation sites (tertiary alicyclic amines) is 1. The van der Waals surface area contributed by atoms with Gasteiger partial charge >= 0.3 is 36.4 Å². The Morgan fingerprint density at radius 1 is 0.750 bits per heavy atom. The third-order valence-electron chi connectivity index (χ3n) is 7.98. The number of rotatable bonds is 4. The number of amides is 1. The second kappa shape index (κ2) is 21.0. The third kappa shape index (κ3) is 16.1. The highest BCUT2D eigenvalue weighted by atomic mass is 35.5. The Morgan fingerprint density at radius 2 is 1.32 bits per heavy atom. The number of piperidine rings is 1. The third-order valence-corrected chi connectivity index (χ3v) is 8.26. The Balaban J connectivity index is 0.000000377. The van der Waals surface area contributed by atoms with E-state index >= 15 is 0 Å². The van der Waals surface area contributed by atoms with Gasteiger partial charge in [-0.3, -0.25) is 9.78 Å². The molecule has 14 nitrogen and oxygen atoms in total. The first-order valence-corrected chi connectivity index (χ1v) is 17.4. The van der Waals surface area contributed by atoms with Crippen molar-refractivity contribution >= 4 is 64.2 Å². The summed E-state index contributed by atoms with van der Waals surface area (Å²) in [4.78, 5) is 54.8. The molecule has 0 unspecified atom stereocenters. The van der Waals surface area contributed by atoms with Gasteiger partial charge in [0, 0.05) is 36.7 Å². The number of nitrogens with one attached hydrogen (secondary N) is 3. The van der Waals surface area contributed by atoms with Gasteiger partial charge in [-0.1, -0.05) is 41.9 Å². The molecule has 6 N–H and O–H groups in total.